The second kappa shape index (κ2) is 5.84. The second-order valence-corrected chi connectivity index (χ2v) is 6.34. The Labute approximate surface area is 138 Å². The quantitative estimate of drug-likeness (QED) is 0.598. The van der Waals surface area contributed by atoms with Gasteiger partial charge in [-0.3, -0.25) is 0 Å². The number of aromatic nitrogens is 2. The normalized spacial score (nSPS) is 12.7. The van der Waals surface area contributed by atoms with Crippen molar-refractivity contribution in [1.29, 1.82) is 0 Å². The molecule has 1 N–H and O–H groups in total. The fourth-order valence-corrected chi connectivity index (χ4v) is 3.10. The molecule has 0 aliphatic carbocycles. The number of rotatable bonds is 3. The molecule has 108 valence electrons. The molecule has 3 rings (SSSR count). The summed E-state index contributed by atoms with van der Waals surface area (Å²) in [6, 6.07) is 14.1. The Morgan fingerprint density at radius 1 is 1.14 bits per heavy atom. The topological polar surface area (TPSA) is 20.7 Å². The van der Waals surface area contributed by atoms with E-state index in [1.165, 1.54) is 5.56 Å². The van der Waals surface area contributed by atoms with Gasteiger partial charge in [0, 0.05) is 6.54 Å². The maximum absolute atomic E-state index is 6.13. The van der Waals surface area contributed by atoms with Crippen LogP contribution in [0.1, 0.15) is 18.4 Å². The van der Waals surface area contributed by atoms with Crippen LogP contribution in [0.5, 0.6) is 0 Å². The Morgan fingerprint density at radius 3 is 2.52 bits per heavy atom. The van der Waals surface area contributed by atoms with Gasteiger partial charge in [0.15, 0.2) is 4.77 Å². The largest absolute Gasteiger partial charge is 0.331 e. The summed E-state index contributed by atoms with van der Waals surface area (Å²) in [6.07, 6.45) is 0. The zero-order chi connectivity index (χ0) is 15.0. The van der Waals surface area contributed by atoms with Crippen LogP contribution < -0.4 is 0 Å². The van der Waals surface area contributed by atoms with Gasteiger partial charge in [0.05, 0.1) is 21.1 Å². The Bertz CT molecular complexity index is 837. The van der Waals surface area contributed by atoms with E-state index >= 15 is 0 Å². The molecule has 0 saturated heterocycles. The molecule has 21 heavy (non-hydrogen) atoms. The number of halogens is 2. The van der Waals surface area contributed by atoms with Crippen molar-refractivity contribution in [2.24, 2.45) is 0 Å². The fraction of sp³-hybridized carbons (Fsp3) is 0.188. The summed E-state index contributed by atoms with van der Waals surface area (Å²) in [5, 5.41) is 1.07. The number of benzene rings is 2. The van der Waals surface area contributed by atoms with E-state index in [9.17, 15) is 0 Å². The summed E-state index contributed by atoms with van der Waals surface area (Å²) >= 11 is 17.6. The van der Waals surface area contributed by atoms with Crippen molar-refractivity contribution < 1.29 is 0 Å². The van der Waals surface area contributed by atoms with Crippen molar-refractivity contribution in [1.82, 2.24) is 9.55 Å². The molecule has 1 aromatic heterocycles. The molecule has 3 aromatic rings. The summed E-state index contributed by atoms with van der Waals surface area (Å²) in [7, 11) is 0. The molecule has 0 fully saturated rings. The minimum atomic E-state index is 0.353. The van der Waals surface area contributed by atoms with Crippen LogP contribution in [-0.4, -0.2) is 9.55 Å². The van der Waals surface area contributed by atoms with Crippen molar-refractivity contribution in [3.8, 4) is 0 Å². The molecule has 0 bridgehead atoms. The van der Waals surface area contributed by atoms with Crippen LogP contribution in [0.4, 0.5) is 0 Å². The second-order valence-electron chi connectivity index (χ2n) is 5.14. The number of imidazole rings is 1. The van der Waals surface area contributed by atoms with Crippen LogP contribution >= 0.6 is 35.4 Å². The average molecular weight is 337 g/mol. The predicted molar refractivity (Wildman–Crippen MR) is 92.0 cm³/mol. The van der Waals surface area contributed by atoms with Gasteiger partial charge in [0.25, 0.3) is 0 Å². The molecule has 1 atom stereocenters. The van der Waals surface area contributed by atoms with Crippen molar-refractivity contribution in [2.45, 2.75) is 19.4 Å². The Kier molecular flexibility index (Phi) is 4.07. The van der Waals surface area contributed by atoms with Gasteiger partial charge in [-0.05, 0) is 35.8 Å². The van der Waals surface area contributed by atoms with Gasteiger partial charge in [-0.1, -0.05) is 60.5 Å². The molecular weight excluding hydrogens is 323 g/mol. The first-order valence-corrected chi connectivity index (χ1v) is 7.85. The monoisotopic (exact) mass is 336 g/mol. The Balaban J connectivity index is 2.03. The van der Waals surface area contributed by atoms with Crippen LogP contribution in [-0.2, 0) is 6.54 Å². The summed E-state index contributed by atoms with van der Waals surface area (Å²) in [4.78, 5) is 3.19. The summed E-state index contributed by atoms with van der Waals surface area (Å²) in [6.45, 7) is 2.98. The molecular formula is C16H14Cl2N2S. The highest BCUT2D eigenvalue weighted by Gasteiger charge is 2.12. The van der Waals surface area contributed by atoms with E-state index in [4.69, 9.17) is 35.4 Å². The number of hydrogen-bond acceptors (Lipinski definition) is 1. The highest BCUT2D eigenvalue weighted by Crippen LogP contribution is 2.29. The van der Waals surface area contributed by atoms with Crippen LogP contribution in [0.25, 0.3) is 11.0 Å². The van der Waals surface area contributed by atoms with E-state index in [0.717, 1.165) is 17.6 Å². The molecule has 0 spiro atoms. The highest BCUT2D eigenvalue weighted by molar-refractivity contribution is 7.71. The maximum Gasteiger partial charge on any atom is 0.178 e. The van der Waals surface area contributed by atoms with E-state index in [1.807, 2.05) is 18.2 Å². The van der Waals surface area contributed by atoms with Gasteiger partial charge < -0.3 is 9.55 Å². The first kappa shape index (κ1) is 14.6. The molecule has 1 heterocycles. The fourth-order valence-electron chi connectivity index (χ4n) is 2.49. The zero-order valence-electron chi connectivity index (χ0n) is 11.4. The van der Waals surface area contributed by atoms with Gasteiger partial charge in [-0.15, -0.1) is 0 Å². The number of H-pyrrole nitrogens is 1. The Hall–Kier alpha value is -1.29. The number of nitrogens with one attached hydrogen (secondary N) is 1. The molecule has 0 saturated carbocycles. The third-order valence-corrected chi connectivity index (χ3v) is 4.69. The minimum absolute atomic E-state index is 0.353. The van der Waals surface area contributed by atoms with Crippen LogP contribution in [0.3, 0.4) is 0 Å². The molecule has 0 aliphatic rings. The number of hydrogen-bond donors (Lipinski definition) is 1. The van der Waals surface area contributed by atoms with E-state index in [1.54, 1.807) is 0 Å². The lowest BCUT2D eigenvalue weighted by atomic mass is 10.0. The zero-order valence-corrected chi connectivity index (χ0v) is 13.8. The number of aromatic amines is 1. The molecule has 0 aliphatic heterocycles. The van der Waals surface area contributed by atoms with E-state index in [0.29, 0.717) is 20.7 Å². The van der Waals surface area contributed by atoms with Crippen LogP contribution in [0.15, 0.2) is 42.5 Å². The van der Waals surface area contributed by atoms with Crippen molar-refractivity contribution in [3.05, 3.63) is 62.8 Å². The molecule has 0 radical (unpaired) electrons. The molecule has 2 aromatic carbocycles. The van der Waals surface area contributed by atoms with Crippen LogP contribution in [0, 0.1) is 4.77 Å². The first-order chi connectivity index (χ1) is 10.1. The summed E-state index contributed by atoms with van der Waals surface area (Å²) in [5.41, 5.74) is 3.18. The lowest BCUT2D eigenvalue weighted by Crippen LogP contribution is -2.06. The molecule has 5 heteroatoms. The van der Waals surface area contributed by atoms with E-state index in [-0.39, 0.29) is 0 Å². The van der Waals surface area contributed by atoms with Gasteiger partial charge in [0.1, 0.15) is 0 Å². The summed E-state index contributed by atoms with van der Waals surface area (Å²) < 4.78 is 2.76. The highest BCUT2D eigenvalue weighted by atomic mass is 35.5. The van der Waals surface area contributed by atoms with Gasteiger partial charge >= 0.3 is 0 Å². The SMILES string of the molecule is CC(Cn1c(=S)[nH]c2cc(Cl)c(Cl)cc21)c1ccccc1. The molecule has 0 amide bonds. The third kappa shape index (κ3) is 2.86. The maximum atomic E-state index is 6.13. The third-order valence-electron chi connectivity index (χ3n) is 3.64. The average Bonchev–Trinajstić information content (AvgIpc) is 2.76. The van der Waals surface area contributed by atoms with Crippen molar-refractivity contribution in [3.63, 3.8) is 0 Å². The molecule has 2 nitrogen and oxygen atoms in total. The lowest BCUT2D eigenvalue weighted by Gasteiger charge is -2.13. The predicted octanol–water partition coefficient (Wildman–Crippen LogP) is 5.81. The lowest BCUT2D eigenvalue weighted by molar-refractivity contribution is 0.605. The first-order valence-electron chi connectivity index (χ1n) is 6.69. The number of fused-ring (bicyclic) bond motifs is 1. The Morgan fingerprint density at radius 2 is 1.81 bits per heavy atom. The molecule has 1 unspecified atom stereocenters. The standard InChI is InChI=1S/C16H14Cl2N2S/c1-10(11-5-3-2-4-6-11)9-20-15-8-13(18)12(17)7-14(15)19-16(20)21/h2-8,10H,9H2,1H3,(H,19,21). The van der Waals surface area contributed by atoms with Gasteiger partial charge in [-0.2, -0.15) is 0 Å². The van der Waals surface area contributed by atoms with Crippen molar-refractivity contribution >= 4 is 46.5 Å². The van der Waals surface area contributed by atoms with Gasteiger partial charge in [0.2, 0.25) is 0 Å². The summed E-state index contributed by atoms with van der Waals surface area (Å²) in [5.74, 6) is 0.353. The smallest absolute Gasteiger partial charge is 0.178 e. The number of nitrogens with zero attached hydrogens (tertiary/aromatic N) is 1. The van der Waals surface area contributed by atoms with E-state index in [2.05, 4.69) is 40.7 Å². The van der Waals surface area contributed by atoms with Gasteiger partial charge in [-0.25, -0.2) is 0 Å². The van der Waals surface area contributed by atoms with Crippen LogP contribution in [0.2, 0.25) is 10.0 Å². The van der Waals surface area contributed by atoms with E-state index < -0.39 is 0 Å². The van der Waals surface area contributed by atoms with Crippen molar-refractivity contribution in [2.75, 3.05) is 0 Å². The minimum Gasteiger partial charge on any atom is -0.331 e.